The molecule has 0 heterocycles. The average molecular weight is 251 g/mol. The SMILES string of the molecule is CN(C)CCOc1ccc(C=CCCS)cc1. The molecule has 3 heteroatoms. The van der Waals surface area contributed by atoms with Gasteiger partial charge in [0, 0.05) is 6.54 Å². The van der Waals surface area contributed by atoms with Crippen molar-refractivity contribution < 1.29 is 4.74 Å². The van der Waals surface area contributed by atoms with E-state index in [1.165, 1.54) is 5.56 Å². The first-order valence-corrected chi connectivity index (χ1v) is 6.50. The summed E-state index contributed by atoms with van der Waals surface area (Å²) in [5.74, 6) is 1.82. The minimum absolute atomic E-state index is 0.724. The highest BCUT2D eigenvalue weighted by Crippen LogP contribution is 2.13. The summed E-state index contributed by atoms with van der Waals surface area (Å²) in [5.41, 5.74) is 1.20. The van der Waals surface area contributed by atoms with E-state index in [9.17, 15) is 0 Å². The zero-order chi connectivity index (χ0) is 12.5. The first-order valence-electron chi connectivity index (χ1n) is 5.87. The average Bonchev–Trinajstić information content (AvgIpc) is 2.31. The van der Waals surface area contributed by atoms with Crippen molar-refractivity contribution >= 4 is 18.7 Å². The van der Waals surface area contributed by atoms with Gasteiger partial charge >= 0.3 is 0 Å². The van der Waals surface area contributed by atoms with E-state index in [0.29, 0.717) is 0 Å². The molecule has 1 rings (SSSR count). The largest absolute Gasteiger partial charge is 0.492 e. The molecule has 0 N–H and O–H groups in total. The standard InChI is InChI=1S/C14H21NOS/c1-15(2)10-11-16-14-8-6-13(7-9-14)5-3-4-12-17/h3,5-9,17H,4,10-12H2,1-2H3. The molecule has 0 aliphatic carbocycles. The Labute approximate surface area is 110 Å². The highest BCUT2D eigenvalue weighted by molar-refractivity contribution is 7.80. The van der Waals surface area contributed by atoms with Crippen LogP contribution in [-0.2, 0) is 0 Å². The number of allylic oxidation sites excluding steroid dienone is 1. The van der Waals surface area contributed by atoms with Crippen LogP contribution in [0.15, 0.2) is 30.3 Å². The monoisotopic (exact) mass is 251 g/mol. The molecule has 0 atom stereocenters. The van der Waals surface area contributed by atoms with Gasteiger partial charge in [-0.25, -0.2) is 0 Å². The van der Waals surface area contributed by atoms with Crippen LogP contribution in [0.25, 0.3) is 6.08 Å². The molecule has 0 radical (unpaired) electrons. The highest BCUT2D eigenvalue weighted by atomic mass is 32.1. The van der Waals surface area contributed by atoms with Gasteiger partial charge in [0.15, 0.2) is 0 Å². The highest BCUT2D eigenvalue weighted by Gasteiger charge is 1.94. The number of ether oxygens (including phenoxy) is 1. The minimum atomic E-state index is 0.724. The molecule has 0 saturated heterocycles. The van der Waals surface area contributed by atoms with Gasteiger partial charge in [0.25, 0.3) is 0 Å². The Balaban J connectivity index is 2.39. The zero-order valence-electron chi connectivity index (χ0n) is 10.6. The first-order chi connectivity index (χ1) is 8.22. The molecule has 0 aliphatic heterocycles. The summed E-state index contributed by atoms with van der Waals surface area (Å²) in [6.45, 7) is 1.66. The van der Waals surface area contributed by atoms with Crippen molar-refractivity contribution in [2.24, 2.45) is 0 Å². The molecule has 1 aromatic rings. The third-order valence-corrected chi connectivity index (χ3v) is 2.55. The van der Waals surface area contributed by atoms with Gasteiger partial charge in [-0.3, -0.25) is 0 Å². The fraction of sp³-hybridized carbons (Fsp3) is 0.429. The zero-order valence-corrected chi connectivity index (χ0v) is 11.5. The molecule has 0 spiro atoms. The molecular formula is C14H21NOS. The van der Waals surface area contributed by atoms with Crippen LogP contribution in [0.3, 0.4) is 0 Å². The Morgan fingerprint density at radius 3 is 2.53 bits per heavy atom. The van der Waals surface area contributed by atoms with Crippen molar-refractivity contribution in [3.63, 3.8) is 0 Å². The van der Waals surface area contributed by atoms with E-state index in [1.54, 1.807) is 0 Å². The van der Waals surface area contributed by atoms with Crippen molar-refractivity contribution in [1.29, 1.82) is 0 Å². The van der Waals surface area contributed by atoms with Crippen LogP contribution in [-0.4, -0.2) is 37.9 Å². The van der Waals surface area contributed by atoms with Crippen LogP contribution in [0, 0.1) is 0 Å². The number of hydrogen-bond donors (Lipinski definition) is 1. The van der Waals surface area contributed by atoms with Gasteiger partial charge in [-0.05, 0) is 44.0 Å². The second-order valence-electron chi connectivity index (χ2n) is 4.14. The molecule has 0 bridgehead atoms. The van der Waals surface area contributed by atoms with E-state index in [-0.39, 0.29) is 0 Å². The molecule has 94 valence electrons. The number of likely N-dealkylation sites (N-methyl/N-ethyl adjacent to an activating group) is 1. The maximum atomic E-state index is 5.62. The van der Waals surface area contributed by atoms with E-state index in [4.69, 9.17) is 4.74 Å². The molecule has 0 aromatic heterocycles. The van der Waals surface area contributed by atoms with E-state index >= 15 is 0 Å². The lowest BCUT2D eigenvalue weighted by molar-refractivity contribution is 0.261. The molecule has 17 heavy (non-hydrogen) atoms. The number of benzene rings is 1. The molecule has 0 amide bonds. The molecular weight excluding hydrogens is 230 g/mol. The maximum Gasteiger partial charge on any atom is 0.119 e. The molecule has 1 aromatic carbocycles. The molecule has 0 saturated carbocycles. The Morgan fingerprint density at radius 1 is 1.24 bits per heavy atom. The summed E-state index contributed by atoms with van der Waals surface area (Å²) in [6.07, 6.45) is 5.25. The van der Waals surface area contributed by atoms with E-state index in [0.717, 1.165) is 31.1 Å². The second-order valence-corrected chi connectivity index (χ2v) is 4.58. The van der Waals surface area contributed by atoms with Crippen molar-refractivity contribution in [2.75, 3.05) is 33.0 Å². The Kier molecular flexibility index (Phi) is 6.82. The van der Waals surface area contributed by atoms with Crippen LogP contribution in [0.5, 0.6) is 5.75 Å². The van der Waals surface area contributed by atoms with Gasteiger partial charge in [-0.2, -0.15) is 12.6 Å². The third kappa shape index (κ3) is 6.39. The molecule has 0 fully saturated rings. The lowest BCUT2D eigenvalue weighted by Crippen LogP contribution is -2.19. The summed E-state index contributed by atoms with van der Waals surface area (Å²) in [7, 11) is 4.08. The van der Waals surface area contributed by atoms with Gasteiger partial charge in [0.2, 0.25) is 0 Å². The lowest BCUT2D eigenvalue weighted by atomic mass is 10.2. The molecule has 2 nitrogen and oxygen atoms in total. The van der Waals surface area contributed by atoms with E-state index in [1.807, 2.05) is 26.2 Å². The maximum absolute atomic E-state index is 5.62. The summed E-state index contributed by atoms with van der Waals surface area (Å²) < 4.78 is 5.62. The topological polar surface area (TPSA) is 12.5 Å². The minimum Gasteiger partial charge on any atom is -0.492 e. The van der Waals surface area contributed by atoms with Gasteiger partial charge < -0.3 is 9.64 Å². The summed E-state index contributed by atoms with van der Waals surface area (Å²) in [4.78, 5) is 2.11. The predicted octanol–water partition coefficient (Wildman–Crippen LogP) is 2.96. The Bertz CT molecular complexity index is 333. The predicted molar refractivity (Wildman–Crippen MR) is 78.0 cm³/mol. The fourth-order valence-electron chi connectivity index (χ4n) is 1.32. The first kappa shape index (κ1) is 14.1. The van der Waals surface area contributed by atoms with Gasteiger partial charge in [0.05, 0.1) is 0 Å². The number of rotatable bonds is 7. The van der Waals surface area contributed by atoms with Crippen LogP contribution in [0.4, 0.5) is 0 Å². The van der Waals surface area contributed by atoms with Crippen molar-refractivity contribution in [3.8, 4) is 5.75 Å². The second kappa shape index (κ2) is 8.20. The van der Waals surface area contributed by atoms with Crippen molar-refractivity contribution in [2.45, 2.75) is 6.42 Å². The van der Waals surface area contributed by atoms with E-state index < -0.39 is 0 Å². The van der Waals surface area contributed by atoms with Crippen molar-refractivity contribution in [1.82, 2.24) is 4.90 Å². The van der Waals surface area contributed by atoms with Gasteiger partial charge in [-0.15, -0.1) is 0 Å². The van der Waals surface area contributed by atoms with Gasteiger partial charge in [0.1, 0.15) is 12.4 Å². The van der Waals surface area contributed by atoms with Crippen LogP contribution < -0.4 is 4.74 Å². The summed E-state index contributed by atoms with van der Waals surface area (Å²) in [6, 6.07) is 8.16. The smallest absolute Gasteiger partial charge is 0.119 e. The van der Waals surface area contributed by atoms with Crippen LogP contribution in [0.2, 0.25) is 0 Å². The number of thiol groups is 1. The Morgan fingerprint density at radius 2 is 1.94 bits per heavy atom. The number of hydrogen-bond acceptors (Lipinski definition) is 3. The van der Waals surface area contributed by atoms with Crippen LogP contribution >= 0.6 is 12.6 Å². The molecule has 0 unspecified atom stereocenters. The summed E-state index contributed by atoms with van der Waals surface area (Å²) in [5, 5.41) is 0. The third-order valence-electron chi connectivity index (χ3n) is 2.29. The van der Waals surface area contributed by atoms with Crippen LogP contribution in [0.1, 0.15) is 12.0 Å². The van der Waals surface area contributed by atoms with E-state index in [2.05, 4.69) is 41.8 Å². The Hall–Kier alpha value is -0.930. The lowest BCUT2D eigenvalue weighted by Gasteiger charge is -2.10. The normalized spacial score (nSPS) is 11.3. The summed E-state index contributed by atoms with van der Waals surface area (Å²) >= 11 is 4.16. The molecule has 0 aliphatic rings. The number of nitrogens with zero attached hydrogens (tertiary/aromatic N) is 1. The van der Waals surface area contributed by atoms with Crippen molar-refractivity contribution in [3.05, 3.63) is 35.9 Å². The fourth-order valence-corrected chi connectivity index (χ4v) is 1.46. The quantitative estimate of drug-likeness (QED) is 0.748. The van der Waals surface area contributed by atoms with Gasteiger partial charge in [-0.1, -0.05) is 24.3 Å².